The summed E-state index contributed by atoms with van der Waals surface area (Å²) >= 11 is 0. The number of nitrogens with one attached hydrogen (secondary N) is 2. The molecule has 0 aromatic carbocycles. The van der Waals surface area contributed by atoms with Crippen LogP contribution in [-0.4, -0.2) is 25.5 Å². The van der Waals surface area contributed by atoms with Gasteiger partial charge in [0.05, 0.1) is 25.6 Å². The molecule has 4 N–H and O–H groups in total. The molecule has 0 aromatic heterocycles. The van der Waals surface area contributed by atoms with Gasteiger partial charge in [-0.2, -0.15) is 0 Å². The van der Waals surface area contributed by atoms with Gasteiger partial charge in [0, 0.05) is 0 Å². The number of amides is 1. The van der Waals surface area contributed by atoms with Gasteiger partial charge in [-0.3, -0.25) is 10.2 Å². The summed E-state index contributed by atoms with van der Waals surface area (Å²) in [6, 6.07) is 0. The molecule has 4 heteroatoms. The predicted molar refractivity (Wildman–Crippen MR) is 55.5 cm³/mol. The van der Waals surface area contributed by atoms with Crippen LogP contribution >= 0.6 is 0 Å². The molecule has 0 saturated carbocycles. The van der Waals surface area contributed by atoms with Gasteiger partial charge in [0.1, 0.15) is 0 Å². The van der Waals surface area contributed by atoms with E-state index in [1.807, 2.05) is 6.92 Å². The maximum atomic E-state index is 11.2. The first-order chi connectivity index (χ1) is 6.74. The van der Waals surface area contributed by atoms with Crippen LogP contribution in [0.4, 0.5) is 0 Å². The van der Waals surface area contributed by atoms with Gasteiger partial charge < -0.3 is 4.90 Å². The minimum Gasteiger partial charge on any atom is -0.334 e. The van der Waals surface area contributed by atoms with Crippen molar-refractivity contribution in [3.05, 3.63) is 0 Å². The van der Waals surface area contributed by atoms with Crippen LogP contribution in [0, 0.1) is 5.92 Å². The Hall–Kier alpha value is -0.610. The summed E-state index contributed by atoms with van der Waals surface area (Å²) in [4.78, 5) is 12.8. The summed E-state index contributed by atoms with van der Waals surface area (Å²) in [7, 11) is 0. The zero-order chi connectivity index (χ0) is 10.4. The van der Waals surface area contributed by atoms with Crippen molar-refractivity contribution in [1.29, 1.82) is 0 Å². The van der Waals surface area contributed by atoms with Gasteiger partial charge in [-0.25, -0.2) is 5.84 Å². The van der Waals surface area contributed by atoms with Gasteiger partial charge in [0.15, 0.2) is 0 Å². The third-order valence-corrected chi connectivity index (χ3v) is 3.00. The van der Waals surface area contributed by atoms with Crippen LogP contribution in [0.25, 0.3) is 0 Å². The van der Waals surface area contributed by atoms with Gasteiger partial charge in [-0.05, 0) is 32.6 Å². The van der Waals surface area contributed by atoms with Crippen LogP contribution < -0.4 is 16.2 Å². The molecule has 0 unspecified atom stereocenters. The molecular weight excluding hydrogens is 178 g/mol. The Labute approximate surface area is 85.8 Å². The molecule has 14 heavy (non-hydrogen) atoms. The second-order valence-electron chi connectivity index (χ2n) is 4.28. The van der Waals surface area contributed by atoms with Gasteiger partial charge in [0.2, 0.25) is 5.91 Å². The minimum atomic E-state index is -0.0400. The summed E-state index contributed by atoms with van der Waals surface area (Å²) in [5, 5.41) is 0. The van der Waals surface area contributed by atoms with E-state index in [4.69, 9.17) is 5.84 Å². The molecule has 0 bridgehead atoms. The molecule has 1 rings (SSSR count). The van der Waals surface area contributed by atoms with Crippen molar-refractivity contribution in [3.63, 3.8) is 0 Å². The number of hydrazine groups is 1. The quantitative estimate of drug-likeness (QED) is 0.313. The van der Waals surface area contributed by atoms with E-state index < -0.39 is 0 Å². The normalized spacial score (nSPS) is 21.3. The number of quaternary nitrogens is 1. The standard InChI is InChI=1S/C10H21N3O/c1-9(10(14)12-11)8-13-6-4-2-3-5-7-13/h9H,2-8,11H2,1H3,(H,12,14)/p+1/t9-/m1/s1. The first-order valence-corrected chi connectivity index (χ1v) is 5.58. The van der Waals surface area contributed by atoms with Gasteiger partial charge in [-0.1, -0.05) is 0 Å². The Bertz CT molecular complexity index is 176. The highest BCUT2D eigenvalue weighted by Crippen LogP contribution is 2.00. The van der Waals surface area contributed by atoms with Crippen molar-refractivity contribution < 1.29 is 9.69 Å². The van der Waals surface area contributed by atoms with E-state index in [-0.39, 0.29) is 11.8 Å². The van der Waals surface area contributed by atoms with Crippen LogP contribution in [0.15, 0.2) is 0 Å². The molecule has 1 amide bonds. The lowest BCUT2D eigenvalue weighted by Crippen LogP contribution is -3.12. The van der Waals surface area contributed by atoms with Crippen LogP contribution in [-0.2, 0) is 4.79 Å². The summed E-state index contributed by atoms with van der Waals surface area (Å²) in [5.41, 5.74) is 2.22. The molecule has 1 fully saturated rings. The molecule has 1 heterocycles. The molecule has 0 radical (unpaired) electrons. The van der Waals surface area contributed by atoms with Crippen molar-refractivity contribution in [3.8, 4) is 0 Å². The minimum absolute atomic E-state index is 0.0353. The Morgan fingerprint density at radius 1 is 1.36 bits per heavy atom. The third kappa shape index (κ3) is 3.64. The largest absolute Gasteiger partial charge is 0.334 e. The molecule has 0 spiro atoms. The molecule has 1 atom stereocenters. The van der Waals surface area contributed by atoms with E-state index in [1.165, 1.54) is 38.8 Å². The van der Waals surface area contributed by atoms with Gasteiger partial charge in [-0.15, -0.1) is 0 Å². The first-order valence-electron chi connectivity index (χ1n) is 5.58. The molecule has 1 aliphatic heterocycles. The summed E-state index contributed by atoms with van der Waals surface area (Å²) < 4.78 is 0. The third-order valence-electron chi connectivity index (χ3n) is 3.00. The van der Waals surface area contributed by atoms with E-state index in [9.17, 15) is 4.79 Å². The fraction of sp³-hybridized carbons (Fsp3) is 0.900. The number of hydrogen-bond donors (Lipinski definition) is 3. The average Bonchev–Trinajstić information content (AvgIpc) is 2.45. The molecule has 1 saturated heterocycles. The van der Waals surface area contributed by atoms with E-state index in [1.54, 1.807) is 4.90 Å². The highest BCUT2D eigenvalue weighted by atomic mass is 16.2. The van der Waals surface area contributed by atoms with E-state index in [0.717, 1.165) is 6.54 Å². The SMILES string of the molecule is C[C@H](C[NH+]1CCCCCC1)C(=O)NN. The van der Waals surface area contributed by atoms with Crippen molar-refractivity contribution in [2.24, 2.45) is 11.8 Å². The Kier molecular flexibility index (Phi) is 4.90. The molecule has 82 valence electrons. The fourth-order valence-electron chi connectivity index (χ4n) is 2.10. The number of nitrogens with two attached hydrogens (primary N) is 1. The van der Waals surface area contributed by atoms with Crippen molar-refractivity contribution in [2.75, 3.05) is 19.6 Å². The maximum absolute atomic E-state index is 11.2. The summed E-state index contributed by atoms with van der Waals surface area (Å²) in [5.74, 6) is 5.10. The lowest BCUT2D eigenvalue weighted by Gasteiger charge is -2.20. The number of carbonyl (C=O) groups excluding carboxylic acids is 1. The molecule has 0 aromatic rings. The van der Waals surface area contributed by atoms with Crippen molar-refractivity contribution in [1.82, 2.24) is 5.43 Å². The molecule has 4 nitrogen and oxygen atoms in total. The number of hydrogen-bond acceptors (Lipinski definition) is 2. The second-order valence-corrected chi connectivity index (χ2v) is 4.28. The maximum Gasteiger partial charge on any atom is 0.242 e. The highest BCUT2D eigenvalue weighted by molar-refractivity contribution is 5.77. The van der Waals surface area contributed by atoms with Crippen LogP contribution in [0.5, 0.6) is 0 Å². The van der Waals surface area contributed by atoms with Crippen LogP contribution in [0.3, 0.4) is 0 Å². The Balaban J connectivity index is 2.30. The highest BCUT2D eigenvalue weighted by Gasteiger charge is 2.19. The van der Waals surface area contributed by atoms with Crippen molar-refractivity contribution in [2.45, 2.75) is 32.6 Å². The monoisotopic (exact) mass is 200 g/mol. The molecule has 1 aliphatic rings. The topological polar surface area (TPSA) is 59.6 Å². The van der Waals surface area contributed by atoms with Crippen LogP contribution in [0.2, 0.25) is 0 Å². The van der Waals surface area contributed by atoms with Crippen LogP contribution in [0.1, 0.15) is 32.6 Å². The fourth-order valence-corrected chi connectivity index (χ4v) is 2.10. The first kappa shape index (κ1) is 11.5. The lowest BCUT2D eigenvalue weighted by atomic mass is 10.1. The predicted octanol–water partition coefficient (Wildman–Crippen LogP) is -0.929. The summed E-state index contributed by atoms with van der Waals surface area (Å²) in [6.07, 6.45) is 5.29. The van der Waals surface area contributed by atoms with Gasteiger partial charge in [0.25, 0.3) is 0 Å². The molecule has 0 aliphatic carbocycles. The van der Waals surface area contributed by atoms with Crippen molar-refractivity contribution >= 4 is 5.91 Å². The Morgan fingerprint density at radius 2 is 1.93 bits per heavy atom. The second kappa shape index (κ2) is 5.98. The Morgan fingerprint density at radius 3 is 2.43 bits per heavy atom. The van der Waals surface area contributed by atoms with Gasteiger partial charge >= 0.3 is 0 Å². The lowest BCUT2D eigenvalue weighted by molar-refractivity contribution is -0.901. The summed E-state index contributed by atoms with van der Waals surface area (Å²) in [6.45, 7) is 5.29. The zero-order valence-corrected chi connectivity index (χ0v) is 9.01. The van der Waals surface area contributed by atoms with E-state index >= 15 is 0 Å². The zero-order valence-electron chi connectivity index (χ0n) is 9.01. The number of carbonyl (C=O) groups is 1. The average molecular weight is 200 g/mol. The van der Waals surface area contributed by atoms with E-state index in [2.05, 4.69) is 5.43 Å². The number of likely N-dealkylation sites (tertiary alicyclic amines) is 1. The number of rotatable bonds is 3. The van der Waals surface area contributed by atoms with E-state index in [0.29, 0.717) is 0 Å². The smallest absolute Gasteiger partial charge is 0.242 e. The molecular formula is C10H22N3O+.